The van der Waals surface area contributed by atoms with Crippen LogP contribution in [0.25, 0.3) is 0 Å². The van der Waals surface area contributed by atoms with Gasteiger partial charge in [0.1, 0.15) is 11.5 Å². The Morgan fingerprint density at radius 3 is 1.90 bits per heavy atom. The Labute approximate surface area is 182 Å². The Hall–Kier alpha value is -3.11. The molecule has 1 N–H and O–H groups in total. The Morgan fingerprint density at radius 2 is 1.37 bits per heavy atom. The lowest BCUT2D eigenvalue weighted by atomic mass is 10.0. The zero-order chi connectivity index (χ0) is 22.1. The van der Waals surface area contributed by atoms with Crippen LogP contribution in [-0.4, -0.2) is 16.9 Å². The molecule has 0 aliphatic carbocycles. The van der Waals surface area contributed by atoms with Gasteiger partial charge in [-0.3, -0.25) is 4.79 Å². The topological polar surface area (TPSA) is 63.6 Å². The van der Waals surface area contributed by atoms with Crippen LogP contribution in [0.15, 0.2) is 66.7 Å². The Kier molecular flexibility index (Phi) is 8.63. The summed E-state index contributed by atoms with van der Waals surface area (Å²) in [5.41, 5.74) is 2.24. The quantitative estimate of drug-likeness (QED) is 0.289. The fraction of sp³-hybridized carbons (Fsp3) is 0.200. The smallest absolute Gasteiger partial charge is 0.343 e. The number of carbonyl (C=O) groups is 2. The van der Waals surface area contributed by atoms with Crippen LogP contribution in [-0.2, 0) is 6.42 Å². The summed E-state index contributed by atoms with van der Waals surface area (Å²) in [4.78, 5) is 24.8. The average molecular weight is 425 g/mol. The molecule has 30 heavy (non-hydrogen) atoms. The lowest BCUT2D eigenvalue weighted by Gasteiger charge is -2.07. The maximum atomic E-state index is 12.4. The normalized spacial score (nSPS) is 10.0. The maximum Gasteiger partial charge on any atom is 0.343 e. The summed E-state index contributed by atoms with van der Waals surface area (Å²) in [6, 6.07) is 17.4. The van der Waals surface area contributed by atoms with Crippen molar-refractivity contribution in [2.75, 3.05) is 0 Å². The largest absolute Gasteiger partial charge is 0.508 e. The van der Waals surface area contributed by atoms with Crippen molar-refractivity contribution in [3.05, 3.63) is 94.0 Å². The first-order valence-corrected chi connectivity index (χ1v) is 10.2. The van der Waals surface area contributed by atoms with Gasteiger partial charge in [-0.1, -0.05) is 38.8 Å². The van der Waals surface area contributed by atoms with Gasteiger partial charge in [0, 0.05) is 16.1 Å². The van der Waals surface area contributed by atoms with E-state index < -0.39 is 5.97 Å². The molecule has 3 aromatic carbocycles. The minimum absolute atomic E-state index is 0.0982. The number of ketones is 1. The van der Waals surface area contributed by atoms with Crippen molar-refractivity contribution in [2.24, 2.45) is 0 Å². The third-order valence-electron chi connectivity index (χ3n) is 4.06. The molecule has 0 aliphatic heterocycles. The zero-order valence-electron chi connectivity index (χ0n) is 17.3. The van der Waals surface area contributed by atoms with Crippen LogP contribution in [0.3, 0.4) is 0 Å². The highest BCUT2D eigenvalue weighted by Gasteiger charge is 2.13. The van der Waals surface area contributed by atoms with E-state index in [0.29, 0.717) is 27.5 Å². The number of aromatic hydroxyl groups is 1. The van der Waals surface area contributed by atoms with E-state index in [0.717, 1.165) is 12.0 Å². The number of aryl methyl sites for hydroxylation is 1. The van der Waals surface area contributed by atoms with Gasteiger partial charge >= 0.3 is 5.97 Å². The molecule has 0 saturated heterocycles. The molecule has 0 heterocycles. The molecule has 0 bridgehead atoms. The number of rotatable bonds is 5. The predicted octanol–water partition coefficient (Wildman–Crippen LogP) is 6.47. The summed E-state index contributed by atoms with van der Waals surface area (Å²) in [7, 11) is 0. The van der Waals surface area contributed by atoms with Crippen molar-refractivity contribution in [3.63, 3.8) is 0 Å². The molecule has 3 rings (SSSR count). The first-order chi connectivity index (χ1) is 14.4. The van der Waals surface area contributed by atoms with Crippen LogP contribution in [0.4, 0.5) is 0 Å². The fourth-order valence-electron chi connectivity index (χ4n) is 2.59. The number of phenols is 1. The third kappa shape index (κ3) is 6.46. The van der Waals surface area contributed by atoms with Crippen LogP contribution in [0, 0.1) is 0 Å². The van der Waals surface area contributed by atoms with Gasteiger partial charge in [0.25, 0.3) is 0 Å². The molecule has 0 radical (unpaired) electrons. The molecular formula is C25H25ClO4. The highest BCUT2D eigenvalue weighted by Crippen LogP contribution is 2.20. The number of benzene rings is 3. The first kappa shape index (κ1) is 23.2. The number of hydrogen-bond donors (Lipinski definition) is 1. The van der Waals surface area contributed by atoms with Crippen LogP contribution in [0.5, 0.6) is 11.5 Å². The highest BCUT2D eigenvalue weighted by atomic mass is 35.5. The van der Waals surface area contributed by atoms with Gasteiger partial charge in [0.05, 0.1) is 5.56 Å². The summed E-state index contributed by atoms with van der Waals surface area (Å²) in [5.74, 6) is -0.263. The Balaban J connectivity index is 0.00000101. The second-order valence-electron chi connectivity index (χ2n) is 6.70. The van der Waals surface area contributed by atoms with E-state index in [-0.39, 0.29) is 11.5 Å². The SMILES string of the molecule is CCC.CCc1cc(Cl)cc(C(=O)Oc2ccc(C(=O)c3ccc(O)cc3)cc2)c1. The third-order valence-corrected chi connectivity index (χ3v) is 4.28. The summed E-state index contributed by atoms with van der Waals surface area (Å²) < 4.78 is 5.37. The second-order valence-corrected chi connectivity index (χ2v) is 7.14. The van der Waals surface area contributed by atoms with E-state index in [1.54, 1.807) is 48.5 Å². The molecule has 0 aliphatic rings. The summed E-state index contributed by atoms with van der Waals surface area (Å²) in [5, 5.41) is 9.79. The van der Waals surface area contributed by atoms with Crippen LogP contribution < -0.4 is 4.74 Å². The van der Waals surface area contributed by atoms with Gasteiger partial charge in [-0.25, -0.2) is 4.79 Å². The van der Waals surface area contributed by atoms with Crippen LogP contribution in [0.2, 0.25) is 5.02 Å². The minimum atomic E-state index is -0.509. The molecular weight excluding hydrogens is 400 g/mol. The summed E-state index contributed by atoms with van der Waals surface area (Å²) in [6.45, 7) is 6.23. The first-order valence-electron chi connectivity index (χ1n) is 9.83. The lowest BCUT2D eigenvalue weighted by Crippen LogP contribution is -2.09. The molecule has 0 fully saturated rings. The number of phenolic OH excluding ortho intramolecular Hbond substituents is 1. The minimum Gasteiger partial charge on any atom is -0.508 e. The van der Waals surface area contributed by atoms with Crippen molar-refractivity contribution in [1.82, 2.24) is 0 Å². The fourth-order valence-corrected chi connectivity index (χ4v) is 2.85. The number of carbonyl (C=O) groups excluding carboxylic acids is 2. The van der Waals surface area contributed by atoms with Crippen molar-refractivity contribution in [2.45, 2.75) is 33.6 Å². The van der Waals surface area contributed by atoms with E-state index in [9.17, 15) is 14.7 Å². The van der Waals surface area contributed by atoms with E-state index >= 15 is 0 Å². The van der Waals surface area contributed by atoms with Crippen molar-refractivity contribution in [3.8, 4) is 11.5 Å². The van der Waals surface area contributed by atoms with Crippen molar-refractivity contribution < 1.29 is 19.4 Å². The Morgan fingerprint density at radius 1 is 0.833 bits per heavy atom. The maximum absolute atomic E-state index is 12.4. The van der Waals surface area contributed by atoms with Crippen LogP contribution >= 0.6 is 11.6 Å². The number of hydrogen-bond acceptors (Lipinski definition) is 4. The Bertz CT molecular complexity index is 993. The molecule has 0 spiro atoms. The van der Waals surface area contributed by atoms with Crippen molar-refractivity contribution >= 4 is 23.4 Å². The molecule has 0 atom stereocenters. The highest BCUT2D eigenvalue weighted by molar-refractivity contribution is 6.31. The lowest BCUT2D eigenvalue weighted by molar-refractivity contribution is 0.0734. The molecule has 4 nitrogen and oxygen atoms in total. The monoisotopic (exact) mass is 424 g/mol. The van der Waals surface area contributed by atoms with E-state index in [1.807, 2.05) is 13.0 Å². The van der Waals surface area contributed by atoms with E-state index in [2.05, 4.69) is 13.8 Å². The van der Waals surface area contributed by atoms with Gasteiger partial charge in [-0.2, -0.15) is 0 Å². The summed E-state index contributed by atoms with van der Waals surface area (Å²) in [6.07, 6.45) is 2.01. The molecule has 0 unspecified atom stereocenters. The second kappa shape index (κ2) is 11.2. The van der Waals surface area contributed by atoms with Gasteiger partial charge in [0.15, 0.2) is 5.78 Å². The molecule has 0 aromatic heterocycles. The molecule has 0 amide bonds. The number of halogens is 1. The van der Waals surface area contributed by atoms with Crippen molar-refractivity contribution in [1.29, 1.82) is 0 Å². The van der Waals surface area contributed by atoms with E-state index in [4.69, 9.17) is 16.3 Å². The zero-order valence-corrected chi connectivity index (χ0v) is 18.1. The molecule has 156 valence electrons. The predicted molar refractivity (Wildman–Crippen MR) is 120 cm³/mol. The number of esters is 1. The molecule has 0 saturated carbocycles. The summed E-state index contributed by atoms with van der Waals surface area (Å²) >= 11 is 6.04. The van der Waals surface area contributed by atoms with Gasteiger partial charge in [-0.05, 0) is 78.7 Å². The number of ether oxygens (including phenoxy) is 1. The molecule has 5 heteroatoms. The van der Waals surface area contributed by atoms with Crippen LogP contribution in [0.1, 0.15) is 59.0 Å². The van der Waals surface area contributed by atoms with E-state index in [1.165, 1.54) is 18.6 Å². The average Bonchev–Trinajstić information content (AvgIpc) is 2.74. The standard InChI is InChI=1S/C22H17ClO4.C3H8/c1-2-14-11-17(13-18(23)12-14)22(26)27-20-9-5-16(6-10-20)21(25)15-3-7-19(24)8-4-15;1-3-2/h3-13,24H,2H2,1H3;3H2,1-2H3. The molecule has 3 aromatic rings. The van der Waals surface area contributed by atoms with Gasteiger partial charge < -0.3 is 9.84 Å². The van der Waals surface area contributed by atoms with Gasteiger partial charge in [-0.15, -0.1) is 0 Å². The van der Waals surface area contributed by atoms with Gasteiger partial charge in [0.2, 0.25) is 0 Å².